The second kappa shape index (κ2) is 8.47. The fourth-order valence-corrected chi connectivity index (χ4v) is 3.33. The van der Waals surface area contributed by atoms with Crippen molar-refractivity contribution in [2.45, 2.75) is 25.4 Å². The van der Waals surface area contributed by atoms with Crippen LogP contribution in [0.25, 0.3) is 0 Å². The molecule has 2 aromatic rings. The maximum absolute atomic E-state index is 4.68. The van der Waals surface area contributed by atoms with Crippen molar-refractivity contribution in [2.75, 3.05) is 63.0 Å². The SMILES string of the molecule is CN(C)c1ccnc(N(C)C2CCCN(Cc3cnc(N(C)C)nc3)C2)n1. The number of likely N-dealkylation sites (N-methyl/N-ethyl adjacent to an activating group) is 1. The Hall–Kier alpha value is -2.48. The highest BCUT2D eigenvalue weighted by atomic mass is 15.3. The lowest BCUT2D eigenvalue weighted by Gasteiger charge is -2.37. The minimum absolute atomic E-state index is 0.401. The quantitative estimate of drug-likeness (QED) is 0.758. The maximum Gasteiger partial charge on any atom is 0.227 e. The van der Waals surface area contributed by atoms with Gasteiger partial charge in [-0.25, -0.2) is 15.0 Å². The summed E-state index contributed by atoms with van der Waals surface area (Å²) in [6, 6.07) is 2.33. The van der Waals surface area contributed by atoms with E-state index in [2.05, 4.69) is 36.8 Å². The summed E-state index contributed by atoms with van der Waals surface area (Å²) < 4.78 is 0. The van der Waals surface area contributed by atoms with E-state index in [-0.39, 0.29) is 0 Å². The van der Waals surface area contributed by atoms with Crippen molar-refractivity contribution in [3.05, 3.63) is 30.2 Å². The predicted molar refractivity (Wildman–Crippen MR) is 109 cm³/mol. The highest BCUT2D eigenvalue weighted by Gasteiger charge is 2.25. The van der Waals surface area contributed by atoms with Gasteiger partial charge in [0, 0.05) is 78.5 Å². The van der Waals surface area contributed by atoms with Gasteiger partial charge in [0.1, 0.15) is 5.82 Å². The fraction of sp³-hybridized carbons (Fsp3) is 0.579. The average Bonchev–Trinajstić information content (AvgIpc) is 2.68. The van der Waals surface area contributed by atoms with E-state index in [1.807, 2.05) is 62.6 Å². The first kappa shape index (κ1) is 19.3. The van der Waals surface area contributed by atoms with Crippen molar-refractivity contribution in [3.8, 4) is 0 Å². The largest absolute Gasteiger partial charge is 0.363 e. The first-order chi connectivity index (χ1) is 12.9. The molecule has 0 bridgehead atoms. The first-order valence-corrected chi connectivity index (χ1v) is 9.38. The van der Waals surface area contributed by atoms with Crippen LogP contribution in [0.3, 0.4) is 0 Å². The molecular weight excluding hydrogens is 340 g/mol. The Morgan fingerprint density at radius 2 is 1.74 bits per heavy atom. The Balaban J connectivity index is 1.64. The van der Waals surface area contributed by atoms with Gasteiger partial charge in [-0.2, -0.15) is 4.98 Å². The van der Waals surface area contributed by atoms with Crippen molar-refractivity contribution in [1.82, 2.24) is 24.8 Å². The number of aromatic nitrogens is 4. The molecule has 1 saturated heterocycles. The molecule has 0 N–H and O–H groups in total. The molecule has 1 atom stereocenters. The molecule has 0 spiro atoms. The van der Waals surface area contributed by atoms with Crippen LogP contribution < -0.4 is 14.7 Å². The van der Waals surface area contributed by atoms with E-state index in [1.165, 1.54) is 6.42 Å². The average molecular weight is 371 g/mol. The summed E-state index contributed by atoms with van der Waals surface area (Å²) in [5.41, 5.74) is 1.15. The van der Waals surface area contributed by atoms with Crippen LogP contribution in [0.2, 0.25) is 0 Å². The van der Waals surface area contributed by atoms with Gasteiger partial charge >= 0.3 is 0 Å². The van der Waals surface area contributed by atoms with Crippen LogP contribution in [0.4, 0.5) is 17.7 Å². The third-order valence-corrected chi connectivity index (χ3v) is 4.93. The second-order valence-electron chi connectivity index (χ2n) is 7.54. The molecule has 0 radical (unpaired) electrons. The molecule has 0 saturated carbocycles. The number of anilines is 3. The fourth-order valence-electron chi connectivity index (χ4n) is 3.33. The van der Waals surface area contributed by atoms with Gasteiger partial charge in [0.2, 0.25) is 11.9 Å². The van der Waals surface area contributed by atoms with Gasteiger partial charge in [0.15, 0.2) is 0 Å². The number of hydrogen-bond donors (Lipinski definition) is 0. The van der Waals surface area contributed by atoms with Gasteiger partial charge in [0.05, 0.1) is 0 Å². The predicted octanol–water partition coefficient (Wildman–Crippen LogP) is 1.50. The zero-order valence-electron chi connectivity index (χ0n) is 17.0. The molecule has 2 aromatic heterocycles. The molecule has 0 aliphatic carbocycles. The zero-order chi connectivity index (χ0) is 19.4. The highest BCUT2D eigenvalue weighted by molar-refractivity contribution is 5.42. The molecule has 1 aliphatic heterocycles. The molecule has 0 amide bonds. The van der Waals surface area contributed by atoms with Crippen LogP contribution in [0.5, 0.6) is 0 Å². The number of piperidine rings is 1. The highest BCUT2D eigenvalue weighted by Crippen LogP contribution is 2.21. The lowest BCUT2D eigenvalue weighted by molar-refractivity contribution is 0.197. The Morgan fingerprint density at radius 1 is 1.00 bits per heavy atom. The minimum atomic E-state index is 0.401. The number of nitrogens with zero attached hydrogens (tertiary/aromatic N) is 8. The van der Waals surface area contributed by atoms with E-state index in [1.54, 1.807) is 0 Å². The monoisotopic (exact) mass is 370 g/mol. The lowest BCUT2D eigenvalue weighted by atomic mass is 10.0. The first-order valence-electron chi connectivity index (χ1n) is 9.38. The van der Waals surface area contributed by atoms with Crippen molar-refractivity contribution in [3.63, 3.8) is 0 Å². The van der Waals surface area contributed by atoms with Gasteiger partial charge in [-0.05, 0) is 25.5 Å². The Bertz CT molecular complexity index is 731. The smallest absolute Gasteiger partial charge is 0.227 e. The van der Waals surface area contributed by atoms with E-state index in [4.69, 9.17) is 0 Å². The molecule has 3 heterocycles. The van der Waals surface area contributed by atoms with Crippen molar-refractivity contribution < 1.29 is 0 Å². The second-order valence-corrected chi connectivity index (χ2v) is 7.54. The van der Waals surface area contributed by atoms with Crippen molar-refractivity contribution in [2.24, 2.45) is 0 Å². The minimum Gasteiger partial charge on any atom is -0.363 e. The van der Waals surface area contributed by atoms with Crippen LogP contribution in [0, 0.1) is 0 Å². The van der Waals surface area contributed by atoms with Crippen LogP contribution in [0.15, 0.2) is 24.7 Å². The van der Waals surface area contributed by atoms with E-state index in [0.29, 0.717) is 6.04 Å². The molecule has 8 nitrogen and oxygen atoms in total. The third kappa shape index (κ3) is 4.82. The lowest BCUT2D eigenvalue weighted by Crippen LogP contribution is -2.46. The van der Waals surface area contributed by atoms with E-state index >= 15 is 0 Å². The normalized spacial score (nSPS) is 17.6. The summed E-state index contributed by atoms with van der Waals surface area (Å²) in [4.78, 5) is 26.6. The number of rotatable bonds is 6. The molecule has 8 heteroatoms. The molecule has 27 heavy (non-hydrogen) atoms. The Morgan fingerprint density at radius 3 is 2.41 bits per heavy atom. The van der Waals surface area contributed by atoms with Crippen LogP contribution >= 0.6 is 0 Å². The molecular formula is C19H30N8. The van der Waals surface area contributed by atoms with Gasteiger partial charge in [-0.1, -0.05) is 0 Å². The molecule has 1 aliphatic rings. The van der Waals surface area contributed by atoms with Crippen molar-refractivity contribution in [1.29, 1.82) is 0 Å². The van der Waals surface area contributed by atoms with E-state index in [0.717, 1.165) is 49.3 Å². The summed E-state index contributed by atoms with van der Waals surface area (Å²) in [5, 5.41) is 0. The van der Waals surface area contributed by atoms with Crippen molar-refractivity contribution >= 4 is 17.7 Å². The topological polar surface area (TPSA) is 64.5 Å². The van der Waals surface area contributed by atoms with E-state index < -0.39 is 0 Å². The third-order valence-electron chi connectivity index (χ3n) is 4.93. The van der Waals surface area contributed by atoms with Gasteiger partial charge in [0.25, 0.3) is 0 Å². The summed E-state index contributed by atoms with van der Waals surface area (Å²) in [7, 11) is 10.00. The summed E-state index contributed by atoms with van der Waals surface area (Å²) in [5.74, 6) is 2.46. The molecule has 0 aromatic carbocycles. The molecule has 3 rings (SSSR count). The van der Waals surface area contributed by atoms with Crippen LogP contribution in [-0.4, -0.2) is 79.2 Å². The molecule has 146 valence electrons. The molecule has 1 fully saturated rings. The standard InChI is InChI=1S/C19H30N8/c1-24(2)17-8-9-20-19(23-17)26(5)16-7-6-10-27(14-16)13-15-11-21-18(22-12-15)25(3)4/h8-9,11-12,16H,6-7,10,13-14H2,1-5H3. The maximum atomic E-state index is 4.68. The van der Waals surface area contributed by atoms with Crippen LogP contribution in [0.1, 0.15) is 18.4 Å². The van der Waals surface area contributed by atoms with Crippen LogP contribution in [-0.2, 0) is 6.54 Å². The van der Waals surface area contributed by atoms with Gasteiger partial charge < -0.3 is 14.7 Å². The number of likely N-dealkylation sites (tertiary alicyclic amines) is 1. The molecule has 1 unspecified atom stereocenters. The summed E-state index contributed by atoms with van der Waals surface area (Å²) >= 11 is 0. The number of hydrogen-bond acceptors (Lipinski definition) is 8. The summed E-state index contributed by atoms with van der Waals surface area (Å²) in [6.45, 7) is 2.95. The summed E-state index contributed by atoms with van der Waals surface area (Å²) in [6.07, 6.45) is 8.01. The van der Waals surface area contributed by atoms with E-state index in [9.17, 15) is 0 Å². The Kier molecular flexibility index (Phi) is 6.05. The van der Waals surface area contributed by atoms with Gasteiger partial charge in [-0.15, -0.1) is 0 Å². The zero-order valence-corrected chi connectivity index (χ0v) is 17.0. The Labute approximate surface area is 161 Å². The van der Waals surface area contributed by atoms with Gasteiger partial charge in [-0.3, -0.25) is 4.90 Å².